The first-order valence-corrected chi connectivity index (χ1v) is 11.2. The zero-order valence-electron chi connectivity index (χ0n) is 19.3. The van der Waals surface area contributed by atoms with Crippen molar-refractivity contribution in [1.29, 1.82) is 0 Å². The van der Waals surface area contributed by atoms with Crippen molar-refractivity contribution in [3.63, 3.8) is 0 Å². The zero-order valence-corrected chi connectivity index (χ0v) is 20.1. The van der Waals surface area contributed by atoms with Crippen LogP contribution >= 0.6 is 11.6 Å². The minimum atomic E-state index is -0.757. The van der Waals surface area contributed by atoms with Crippen LogP contribution in [0.1, 0.15) is 30.5 Å². The highest BCUT2D eigenvalue weighted by Gasteiger charge is 2.46. The Hall–Kier alpha value is -3.03. The maximum Gasteiger partial charge on any atom is 0.295 e. The first kappa shape index (κ1) is 24.6. The molecule has 0 bridgehead atoms. The highest BCUT2D eigenvalue weighted by molar-refractivity contribution is 6.47. The van der Waals surface area contributed by atoms with Crippen LogP contribution in [0.3, 0.4) is 0 Å². The summed E-state index contributed by atoms with van der Waals surface area (Å²) in [4.78, 5) is 29.5. The topological polar surface area (TPSA) is 79.3 Å². The summed E-state index contributed by atoms with van der Waals surface area (Å²) >= 11 is 6.33. The quantitative estimate of drug-likeness (QED) is 0.336. The van der Waals surface area contributed by atoms with Crippen LogP contribution < -0.4 is 9.47 Å². The van der Waals surface area contributed by atoms with Gasteiger partial charge in [0.15, 0.2) is 0 Å². The monoisotopic (exact) mass is 472 g/mol. The molecule has 1 heterocycles. The number of ketones is 1. The summed E-state index contributed by atoms with van der Waals surface area (Å²) in [6, 6.07) is 11.2. The predicted octanol–water partition coefficient (Wildman–Crippen LogP) is 4.12. The van der Waals surface area contributed by atoms with Gasteiger partial charge in [0.25, 0.3) is 11.7 Å². The van der Waals surface area contributed by atoms with E-state index in [9.17, 15) is 14.7 Å². The summed E-state index contributed by atoms with van der Waals surface area (Å²) in [6.07, 6.45) is 0.883. The molecule has 1 aliphatic heterocycles. The van der Waals surface area contributed by atoms with E-state index < -0.39 is 17.7 Å². The van der Waals surface area contributed by atoms with Crippen molar-refractivity contribution in [1.82, 2.24) is 9.80 Å². The van der Waals surface area contributed by atoms with E-state index in [4.69, 9.17) is 21.1 Å². The largest absolute Gasteiger partial charge is 0.507 e. The van der Waals surface area contributed by atoms with Gasteiger partial charge in [-0.1, -0.05) is 30.7 Å². The summed E-state index contributed by atoms with van der Waals surface area (Å²) in [6.45, 7) is 3.49. The summed E-state index contributed by atoms with van der Waals surface area (Å²) in [5.41, 5.74) is 0.919. The second-order valence-corrected chi connectivity index (χ2v) is 8.47. The number of aliphatic hydroxyl groups excluding tert-OH is 1. The van der Waals surface area contributed by atoms with Crippen LogP contribution in [0.5, 0.6) is 11.5 Å². The van der Waals surface area contributed by atoms with Crippen molar-refractivity contribution in [2.45, 2.75) is 19.4 Å². The second-order valence-electron chi connectivity index (χ2n) is 8.06. The molecule has 1 aliphatic rings. The van der Waals surface area contributed by atoms with Crippen LogP contribution in [-0.2, 0) is 9.59 Å². The molecule has 0 aromatic heterocycles. The van der Waals surface area contributed by atoms with Gasteiger partial charge in [-0.2, -0.15) is 0 Å². The number of hydrogen-bond acceptors (Lipinski definition) is 6. The molecule has 7 nitrogen and oxygen atoms in total. The van der Waals surface area contributed by atoms with Crippen molar-refractivity contribution >= 4 is 29.1 Å². The summed E-state index contributed by atoms with van der Waals surface area (Å²) in [5, 5.41) is 11.5. The van der Waals surface area contributed by atoms with E-state index in [1.165, 1.54) is 12.0 Å². The van der Waals surface area contributed by atoms with Crippen LogP contribution in [-0.4, -0.2) is 67.5 Å². The van der Waals surface area contributed by atoms with Crippen LogP contribution in [0.15, 0.2) is 48.0 Å². The van der Waals surface area contributed by atoms with Crippen molar-refractivity contribution < 1.29 is 24.2 Å². The van der Waals surface area contributed by atoms with E-state index in [0.717, 1.165) is 6.42 Å². The molecule has 1 fully saturated rings. The molecule has 0 spiro atoms. The SMILES string of the molecule is CCCOc1ccc(C2/C(=C(\O)c3cc(OC)ccc3Cl)C(=O)C(=O)N2CCN(C)C)cc1. The van der Waals surface area contributed by atoms with Gasteiger partial charge >= 0.3 is 0 Å². The molecule has 3 rings (SSSR count). The lowest BCUT2D eigenvalue weighted by atomic mass is 9.95. The van der Waals surface area contributed by atoms with E-state index in [2.05, 4.69) is 0 Å². The van der Waals surface area contributed by atoms with Gasteiger partial charge in [-0.15, -0.1) is 0 Å². The Morgan fingerprint density at radius 1 is 1.12 bits per heavy atom. The fourth-order valence-electron chi connectivity index (χ4n) is 3.69. The lowest BCUT2D eigenvalue weighted by Crippen LogP contribution is -2.35. The Bertz CT molecular complexity index is 1050. The molecular weight excluding hydrogens is 444 g/mol. The number of benzene rings is 2. The Morgan fingerprint density at radius 3 is 2.39 bits per heavy atom. The molecular formula is C25H29ClN2O5. The number of likely N-dealkylation sites (N-methyl/N-ethyl adjacent to an activating group) is 1. The van der Waals surface area contributed by atoms with Gasteiger partial charge in [0.1, 0.15) is 17.3 Å². The summed E-state index contributed by atoms with van der Waals surface area (Å²) in [7, 11) is 5.28. The molecule has 33 heavy (non-hydrogen) atoms. The molecule has 1 N–H and O–H groups in total. The number of ether oxygens (including phenoxy) is 2. The average Bonchev–Trinajstić information content (AvgIpc) is 3.06. The van der Waals surface area contributed by atoms with Crippen molar-refractivity contribution in [3.05, 3.63) is 64.2 Å². The van der Waals surface area contributed by atoms with Crippen LogP contribution in [0.25, 0.3) is 5.76 Å². The van der Waals surface area contributed by atoms with Crippen molar-refractivity contribution in [2.75, 3.05) is 40.9 Å². The van der Waals surface area contributed by atoms with Gasteiger partial charge < -0.3 is 24.4 Å². The summed E-state index contributed by atoms with van der Waals surface area (Å²) < 4.78 is 10.9. The third kappa shape index (κ3) is 5.31. The molecule has 2 aromatic carbocycles. The van der Waals surface area contributed by atoms with Crippen LogP contribution in [0.4, 0.5) is 0 Å². The second kappa shape index (κ2) is 10.7. The minimum absolute atomic E-state index is 0.00358. The van der Waals surface area contributed by atoms with Gasteiger partial charge in [-0.3, -0.25) is 9.59 Å². The highest BCUT2D eigenvalue weighted by Crippen LogP contribution is 2.41. The maximum absolute atomic E-state index is 13.1. The standard InChI is InChI=1S/C25H29ClN2O5/c1-5-14-33-17-8-6-16(7-9-17)22-21(24(30)25(31)28(22)13-12-27(2)3)23(29)19-15-18(32-4)10-11-20(19)26/h6-11,15,22,29H,5,12-14H2,1-4H3/b23-21+. The zero-order chi connectivity index (χ0) is 24.1. The maximum atomic E-state index is 13.1. The molecule has 8 heteroatoms. The molecule has 0 radical (unpaired) electrons. The molecule has 2 aromatic rings. The third-order valence-corrected chi connectivity index (χ3v) is 5.76. The lowest BCUT2D eigenvalue weighted by Gasteiger charge is -2.26. The Kier molecular flexibility index (Phi) is 8.00. The number of nitrogens with zero attached hydrogens (tertiary/aromatic N) is 2. The van der Waals surface area contributed by atoms with Crippen molar-refractivity contribution in [2.24, 2.45) is 0 Å². The van der Waals surface area contributed by atoms with Crippen molar-refractivity contribution in [3.8, 4) is 11.5 Å². The number of amides is 1. The van der Waals surface area contributed by atoms with E-state index in [0.29, 0.717) is 36.8 Å². The highest BCUT2D eigenvalue weighted by atomic mass is 35.5. The Labute approximate surface area is 199 Å². The minimum Gasteiger partial charge on any atom is -0.507 e. The number of aliphatic hydroxyl groups is 1. The molecule has 0 saturated carbocycles. The van der Waals surface area contributed by atoms with Gasteiger partial charge in [0.2, 0.25) is 0 Å². The number of halogens is 1. The number of hydrogen-bond donors (Lipinski definition) is 1. The van der Waals surface area contributed by atoms with E-state index in [1.54, 1.807) is 30.3 Å². The van der Waals surface area contributed by atoms with Gasteiger partial charge in [-0.25, -0.2) is 0 Å². The molecule has 176 valence electrons. The van der Waals surface area contributed by atoms with Gasteiger partial charge in [-0.05, 0) is 56.4 Å². The molecule has 1 saturated heterocycles. The Balaban J connectivity index is 2.12. The van der Waals surface area contributed by atoms with Crippen LogP contribution in [0.2, 0.25) is 5.02 Å². The molecule has 1 atom stereocenters. The fourth-order valence-corrected chi connectivity index (χ4v) is 3.90. The normalized spacial score (nSPS) is 17.6. The number of likely N-dealkylation sites (tertiary alicyclic amines) is 1. The third-order valence-electron chi connectivity index (χ3n) is 5.43. The summed E-state index contributed by atoms with van der Waals surface area (Å²) in [5.74, 6) is -0.575. The first-order chi connectivity index (χ1) is 15.8. The number of carbonyl (C=O) groups excluding carboxylic acids is 2. The molecule has 1 unspecified atom stereocenters. The predicted molar refractivity (Wildman–Crippen MR) is 128 cm³/mol. The number of Topliss-reactive ketones (excluding diaryl/α,β-unsaturated/α-hetero) is 1. The van der Waals surface area contributed by atoms with Gasteiger partial charge in [0, 0.05) is 18.7 Å². The van der Waals surface area contributed by atoms with E-state index in [1.807, 2.05) is 38.1 Å². The number of carbonyl (C=O) groups is 2. The fraction of sp³-hybridized carbons (Fsp3) is 0.360. The van der Waals surface area contributed by atoms with E-state index >= 15 is 0 Å². The smallest absolute Gasteiger partial charge is 0.295 e. The number of methoxy groups -OCH3 is 1. The van der Waals surface area contributed by atoms with Crippen LogP contribution in [0, 0.1) is 0 Å². The first-order valence-electron chi connectivity index (χ1n) is 10.8. The number of rotatable bonds is 9. The van der Waals surface area contributed by atoms with Gasteiger partial charge in [0.05, 0.1) is 30.4 Å². The molecule has 0 aliphatic carbocycles. The average molecular weight is 473 g/mol. The lowest BCUT2D eigenvalue weighted by molar-refractivity contribution is -0.140. The molecule has 1 amide bonds. The Morgan fingerprint density at radius 2 is 1.79 bits per heavy atom. The van der Waals surface area contributed by atoms with E-state index in [-0.39, 0.29) is 21.9 Å².